The molecular formula is C16H24Cl2N2O. The third-order valence-electron chi connectivity index (χ3n) is 4.17. The molecule has 1 fully saturated rings. The van der Waals surface area contributed by atoms with Crippen molar-refractivity contribution >= 4 is 29.9 Å². The first-order chi connectivity index (χ1) is 9.39. The molecule has 3 nitrogen and oxygen atoms in total. The number of amides is 1. The molecule has 0 heterocycles. The lowest BCUT2D eigenvalue weighted by Gasteiger charge is -2.25. The summed E-state index contributed by atoms with van der Waals surface area (Å²) in [4.78, 5) is 12.2. The van der Waals surface area contributed by atoms with Crippen molar-refractivity contribution in [2.75, 3.05) is 6.54 Å². The number of carbonyl (C=O) groups is 1. The second-order valence-electron chi connectivity index (χ2n) is 6.14. The first-order valence-electron chi connectivity index (χ1n) is 7.23. The Morgan fingerprint density at radius 1 is 1.48 bits per heavy atom. The van der Waals surface area contributed by atoms with Crippen molar-refractivity contribution in [1.82, 2.24) is 5.32 Å². The highest BCUT2D eigenvalue weighted by molar-refractivity contribution is 6.30. The van der Waals surface area contributed by atoms with Crippen LogP contribution in [0.15, 0.2) is 24.3 Å². The molecule has 1 aliphatic carbocycles. The summed E-state index contributed by atoms with van der Waals surface area (Å²) >= 11 is 6.05. The zero-order valence-electron chi connectivity index (χ0n) is 12.6. The maximum Gasteiger partial charge on any atom is 0.239 e. The maximum atomic E-state index is 12.2. The average Bonchev–Trinajstić information content (AvgIpc) is 3.17. The van der Waals surface area contributed by atoms with Gasteiger partial charge < -0.3 is 11.1 Å². The highest BCUT2D eigenvalue weighted by Crippen LogP contribution is 2.48. The summed E-state index contributed by atoms with van der Waals surface area (Å²) in [5, 5.41) is 3.77. The molecular weight excluding hydrogens is 307 g/mol. The molecule has 5 heteroatoms. The number of rotatable bonds is 6. The van der Waals surface area contributed by atoms with E-state index in [0.717, 1.165) is 24.3 Å². The number of hydrogen-bond acceptors (Lipinski definition) is 2. The van der Waals surface area contributed by atoms with Crippen molar-refractivity contribution in [3.63, 3.8) is 0 Å². The van der Waals surface area contributed by atoms with Crippen molar-refractivity contribution in [1.29, 1.82) is 0 Å². The minimum atomic E-state index is -0.779. The van der Waals surface area contributed by atoms with Gasteiger partial charge in [-0.3, -0.25) is 4.79 Å². The molecule has 1 aliphatic rings. The maximum absolute atomic E-state index is 12.2. The lowest BCUT2D eigenvalue weighted by Crippen LogP contribution is -2.52. The van der Waals surface area contributed by atoms with E-state index >= 15 is 0 Å². The van der Waals surface area contributed by atoms with E-state index in [0.29, 0.717) is 13.0 Å². The third kappa shape index (κ3) is 4.35. The van der Waals surface area contributed by atoms with Crippen molar-refractivity contribution in [2.45, 2.75) is 50.5 Å². The summed E-state index contributed by atoms with van der Waals surface area (Å²) in [7, 11) is 0. The highest BCUT2D eigenvalue weighted by atomic mass is 35.5. The molecule has 0 radical (unpaired) electrons. The Kier molecular flexibility index (Phi) is 6.09. The second kappa shape index (κ2) is 6.99. The van der Waals surface area contributed by atoms with Crippen LogP contribution in [0.3, 0.4) is 0 Å². The predicted molar refractivity (Wildman–Crippen MR) is 90.1 cm³/mol. The molecule has 0 aromatic heterocycles. The number of nitrogens with two attached hydrogens (primary N) is 1. The molecule has 0 saturated heterocycles. The SMILES string of the molecule is CCCC(C)(N)C(=O)NCC1(c2cccc(Cl)c2)CC1.Cl. The van der Waals surface area contributed by atoms with Crippen LogP contribution in [0.1, 0.15) is 45.1 Å². The van der Waals surface area contributed by atoms with Gasteiger partial charge >= 0.3 is 0 Å². The van der Waals surface area contributed by atoms with E-state index in [1.54, 1.807) is 6.92 Å². The molecule has 1 unspecified atom stereocenters. The van der Waals surface area contributed by atoms with Crippen LogP contribution in [0.5, 0.6) is 0 Å². The Hall–Kier alpha value is -0.770. The number of halogens is 2. The van der Waals surface area contributed by atoms with Crippen LogP contribution < -0.4 is 11.1 Å². The van der Waals surface area contributed by atoms with E-state index in [1.165, 1.54) is 5.56 Å². The summed E-state index contributed by atoms with van der Waals surface area (Å²) < 4.78 is 0. The summed E-state index contributed by atoms with van der Waals surface area (Å²) in [6.45, 7) is 4.47. The molecule has 2 rings (SSSR count). The van der Waals surface area contributed by atoms with E-state index < -0.39 is 5.54 Å². The van der Waals surface area contributed by atoms with Crippen molar-refractivity contribution in [3.05, 3.63) is 34.9 Å². The van der Waals surface area contributed by atoms with Gasteiger partial charge in [-0.25, -0.2) is 0 Å². The van der Waals surface area contributed by atoms with E-state index in [2.05, 4.69) is 11.4 Å². The zero-order chi connectivity index (χ0) is 14.8. The number of nitrogens with one attached hydrogen (secondary N) is 1. The fourth-order valence-corrected chi connectivity index (χ4v) is 2.81. The lowest BCUT2D eigenvalue weighted by atomic mass is 9.93. The second-order valence-corrected chi connectivity index (χ2v) is 6.58. The van der Waals surface area contributed by atoms with Gasteiger partial charge in [-0.2, -0.15) is 0 Å². The molecule has 1 saturated carbocycles. The van der Waals surface area contributed by atoms with Gasteiger partial charge in [0.25, 0.3) is 0 Å². The molecule has 21 heavy (non-hydrogen) atoms. The van der Waals surface area contributed by atoms with Gasteiger partial charge in [0, 0.05) is 17.0 Å². The van der Waals surface area contributed by atoms with Crippen molar-refractivity contribution in [3.8, 4) is 0 Å². The molecule has 3 N–H and O–H groups in total. The number of hydrogen-bond donors (Lipinski definition) is 2. The van der Waals surface area contributed by atoms with Crippen LogP contribution in [-0.2, 0) is 10.2 Å². The minimum Gasteiger partial charge on any atom is -0.354 e. The Morgan fingerprint density at radius 3 is 2.67 bits per heavy atom. The van der Waals surface area contributed by atoms with Gasteiger partial charge in [0.15, 0.2) is 0 Å². The van der Waals surface area contributed by atoms with Crippen molar-refractivity contribution < 1.29 is 4.79 Å². The van der Waals surface area contributed by atoms with Gasteiger partial charge in [0.1, 0.15) is 0 Å². The predicted octanol–water partition coefficient (Wildman–Crippen LogP) is 3.43. The first-order valence-corrected chi connectivity index (χ1v) is 7.61. The van der Waals surface area contributed by atoms with Crippen LogP contribution in [0, 0.1) is 0 Å². The Bertz CT molecular complexity index is 499. The first kappa shape index (κ1) is 18.3. The standard InChI is InChI=1S/C16H23ClN2O.ClH/c1-3-7-15(2,18)14(20)19-11-16(8-9-16)12-5-4-6-13(17)10-12;/h4-6,10H,3,7-9,11,18H2,1-2H3,(H,19,20);1H. The number of carbonyl (C=O) groups excluding carboxylic acids is 1. The lowest BCUT2D eigenvalue weighted by molar-refractivity contribution is -0.126. The molecule has 1 aromatic rings. The number of benzene rings is 1. The fourth-order valence-electron chi connectivity index (χ4n) is 2.62. The van der Waals surface area contributed by atoms with Crippen LogP contribution in [0.4, 0.5) is 0 Å². The van der Waals surface area contributed by atoms with Crippen molar-refractivity contribution in [2.24, 2.45) is 5.73 Å². The van der Waals surface area contributed by atoms with Gasteiger partial charge in [0.2, 0.25) is 5.91 Å². The van der Waals surface area contributed by atoms with Gasteiger partial charge in [-0.05, 0) is 43.9 Å². The largest absolute Gasteiger partial charge is 0.354 e. The quantitative estimate of drug-likeness (QED) is 0.839. The molecule has 1 aromatic carbocycles. The monoisotopic (exact) mass is 330 g/mol. The van der Waals surface area contributed by atoms with Gasteiger partial charge in [-0.15, -0.1) is 12.4 Å². The molecule has 118 valence electrons. The van der Waals surface area contributed by atoms with Crippen LogP contribution in [0.2, 0.25) is 5.02 Å². The molecule has 1 amide bonds. The van der Waals surface area contributed by atoms with E-state index in [9.17, 15) is 4.79 Å². The molecule has 0 bridgehead atoms. The summed E-state index contributed by atoms with van der Waals surface area (Å²) in [5.74, 6) is -0.0624. The van der Waals surface area contributed by atoms with E-state index in [1.807, 2.05) is 25.1 Å². The molecule has 0 aliphatic heterocycles. The Balaban J connectivity index is 0.00000220. The third-order valence-corrected chi connectivity index (χ3v) is 4.40. The van der Waals surface area contributed by atoms with Crippen LogP contribution >= 0.6 is 24.0 Å². The van der Waals surface area contributed by atoms with Crippen LogP contribution in [0.25, 0.3) is 0 Å². The minimum absolute atomic E-state index is 0. The topological polar surface area (TPSA) is 55.1 Å². The van der Waals surface area contributed by atoms with Gasteiger partial charge in [-0.1, -0.05) is 37.1 Å². The summed E-state index contributed by atoms with van der Waals surface area (Å²) in [5.41, 5.74) is 6.54. The zero-order valence-corrected chi connectivity index (χ0v) is 14.2. The highest BCUT2D eigenvalue weighted by Gasteiger charge is 2.45. The molecule has 1 atom stereocenters. The Morgan fingerprint density at radius 2 is 2.14 bits per heavy atom. The molecule has 0 spiro atoms. The van der Waals surface area contributed by atoms with E-state index in [4.69, 9.17) is 17.3 Å². The summed E-state index contributed by atoms with van der Waals surface area (Å²) in [6.07, 6.45) is 3.77. The smallest absolute Gasteiger partial charge is 0.239 e. The van der Waals surface area contributed by atoms with Crippen LogP contribution in [-0.4, -0.2) is 18.0 Å². The Labute approximate surface area is 138 Å². The fraction of sp³-hybridized carbons (Fsp3) is 0.562. The van der Waals surface area contributed by atoms with Gasteiger partial charge in [0.05, 0.1) is 5.54 Å². The normalized spacial score (nSPS) is 18.3. The summed E-state index contributed by atoms with van der Waals surface area (Å²) in [6, 6.07) is 7.91. The average molecular weight is 331 g/mol. The van der Waals surface area contributed by atoms with E-state index in [-0.39, 0.29) is 23.7 Å².